The van der Waals surface area contributed by atoms with Crippen molar-refractivity contribution in [1.29, 1.82) is 0 Å². The molecule has 3 N–H and O–H groups in total. The van der Waals surface area contributed by atoms with Gasteiger partial charge in [0.05, 0.1) is 0 Å². The molecule has 2 amide bonds. The van der Waals surface area contributed by atoms with Gasteiger partial charge in [0.15, 0.2) is 11.5 Å². The Morgan fingerprint density at radius 2 is 1.62 bits per heavy atom. The maximum Gasteiger partial charge on any atom is 0.323 e. The van der Waals surface area contributed by atoms with Gasteiger partial charge in [-0.25, -0.2) is 19.7 Å². The Kier molecular flexibility index (Phi) is 5.23. The minimum atomic E-state index is -0.358. The Bertz CT molecular complexity index is 1230. The molecular formula is C22H19N7O3. The zero-order valence-electron chi connectivity index (χ0n) is 16.9. The fourth-order valence-corrected chi connectivity index (χ4v) is 3.15. The lowest BCUT2D eigenvalue weighted by atomic mass is 10.2. The average Bonchev–Trinajstić information content (AvgIpc) is 3.36. The fourth-order valence-electron chi connectivity index (χ4n) is 3.15. The number of aromatic nitrogens is 4. The Labute approximate surface area is 183 Å². The molecule has 0 bridgehead atoms. The van der Waals surface area contributed by atoms with Crippen molar-refractivity contribution in [3.05, 3.63) is 73.6 Å². The number of imidazole rings is 1. The monoisotopic (exact) mass is 429 g/mol. The Morgan fingerprint density at radius 3 is 2.44 bits per heavy atom. The van der Waals surface area contributed by atoms with Crippen molar-refractivity contribution in [2.24, 2.45) is 0 Å². The third kappa shape index (κ3) is 4.43. The molecule has 4 aromatic rings. The molecule has 1 aliphatic heterocycles. The number of urea groups is 1. The average molecular weight is 429 g/mol. The van der Waals surface area contributed by atoms with E-state index in [0.29, 0.717) is 47.7 Å². The SMILES string of the molecule is O=C(Nc1ccc(Nc2cc(-n3ccnc3)ncn2)cc1)Nc1ccc2c(c1)OCCO2. The number of carbonyl (C=O) groups is 1. The number of amides is 2. The first-order chi connectivity index (χ1) is 15.7. The summed E-state index contributed by atoms with van der Waals surface area (Å²) in [6, 6.07) is 14.0. The highest BCUT2D eigenvalue weighted by Gasteiger charge is 2.13. The molecule has 10 heteroatoms. The molecule has 160 valence electrons. The number of anilines is 4. The van der Waals surface area contributed by atoms with Crippen LogP contribution in [-0.4, -0.2) is 38.8 Å². The molecule has 10 nitrogen and oxygen atoms in total. The van der Waals surface area contributed by atoms with Crippen LogP contribution in [0.3, 0.4) is 0 Å². The number of benzene rings is 2. The predicted octanol–water partition coefficient (Wildman–Crippen LogP) is 3.82. The van der Waals surface area contributed by atoms with Gasteiger partial charge in [-0.05, 0) is 36.4 Å². The number of hydrogen-bond acceptors (Lipinski definition) is 7. The number of fused-ring (bicyclic) bond motifs is 1. The van der Waals surface area contributed by atoms with Crippen molar-refractivity contribution in [2.75, 3.05) is 29.2 Å². The van der Waals surface area contributed by atoms with E-state index in [9.17, 15) is 4.79 Å². The van der Waals surface area contributed by atoms with Crippen LogP contribution < -0.4 is 25.4 Å². The van der Waals surface area contributed by atoms with Gasteiger partial charge in [-0.1, -0.05) is 0 Å². The van der Waals surface area contributed by atoms with Crippen LogP contribution in [0, 0.1) is 0 Å². The van der Waals surface area contributed by atoms with Gasteiger partial charge in [0.1, 0.15) is 37.5 Å². The van der Waals surface area contributed by atoms with Gasteiger partial charge in [-0.15, -0.1) is 0 Å². The second-order valence-electron chi connectivity index (χ2n) is 6.87. The number of nitrogens with one attached hydrogen (secondary N) is 3. The van der Waals surface area contributed by atoms with E-state index < -0.39 is 0 Å². The topological polar surface area (TPSA) is 115 Å². The molecule has 0 atom stereocenters. The van der Waals surface area contributed by atoms with Gasteiger partial charge in [-0.2, -0.15) is 0 Å². The lowest BCUT2D eigenvalue weighted by Gasteiger charge is -2.19. The highest BCUT2D eigenvalue weighted by atomic mass is 16.6. The van der Waals surface area contributed by atoms with Crippen LogP contribution in [0.4, 0.5) is 27.7 Å². The van der Waals surface area contributed by atoms with E-state index in [4.69, 9.17) is 9.47 Å². The van der Waals surface area contributed by atoms with Crippen molar-refractivity contribution < 1.29 is 14.3 Å². The number of carbonyl (C=O) groups excluding carboxylic acids is 1. The molecule has 0 aliphatic carbocycles. The maximum absolute atomic E-state index is 12.3. The van der Waals surface area contributed by atoms with E-state index >= 15 is 0 Å². The highest BCUT2D eigenvalue weighted by molar-refractivity contribution is 6.00. The van der Waals surface area contributed by atoms with E-state index in [1.807, 2.05) is 24.4 Å². The van der Waals surface area contributed by atoms with Crippen LogP contribution in [-0.2, 0) is 0 Å². The van der Waals surface area contributed by atoms with E-state index in [1.54, 1.807) is 47.4 Å². The molecule has 5 rings (SSSR count). The summed E-state index contributed by atoms with van der Waals surface area (Å²) < 4.78 is 12.8. The first-order valence-electron chi connectivity index (χ1n) is 9.88. The molecule has 0 unspecified atom stereocenters. The van der Waals surface area contributed by atoms with Gasteiger partial charge in [-0.3, -0.25) is 4.57 Å². The summed E-state index contributed by atoms with van der Waals surface area (Å²) in [7, 11) is 0. The summed E-state index contributed by atoms with van der Waals surface area (Å²) in [6.07, 6.45) is 6.64. The molecule has 0 spiro atoms. The molecule has 0 saturated carbocycles. The van der Waals surface area contributed by atoms with Crippen LogP contribution >= 0.6 is 0 Å². The third-order valence-corrected chi connectivity index (χ3v) is 4.64. The van der Waals surface area contributed by atoms with Crippen LogP contribution in [0.5, 0.6) is 11.5 Å². The summed E-state index contributed by atoms with van der Waals surface area (Å²) in [6.45, 7) is 1.01. The molecule has 2 aromatic carbocycles. The second kappa shape index (κ2) is 8.64. The summed E-state index contributed by atoms with van der Waals surface area (Å²) >= 11 is 0. The van der Waals surface area contributed by atoms with Crippen LogP contribution in [0.25, 0.3) is 5.82 Å². The van der Waals surface area contributed by atoms with Crippen LogP contribution in [0.2, 0.25) is 0 Å². The lowest BCUT2D eigenvalue weighted by Crippen LogP contribution is -2.20. The number of hydrogen-bond donors (Lipinski definition) is 3. The van der Waals surface area contributed by atoms with E-state index in [1.165, 1.54) is 6.33 Å². The Morgan fingerprint density at radius 1 is 0.875 bits per heavy atom. The molecule has 0 radical (unpaired) electrons. The van der Waals surface area contributed by atoms with Crippen LogP contribution in [0.1, 0.15) is 0 Å². The van der Waals surface area contributed by atoms with Crippen molar-refractivity contribution >= 4 is 28.9 Å². The second-order valence-corrected chi connectivity index (χ2v) is 6.87. The third-order valence-electron chi connectivity index (χ3n) is 4.64. The van der Waals surface area contributed by atoms with Gasteiger partial charge in [0.25, 0.3) is 0 Å². The standard InChI is InChI=1S/C22H19N7O3/c30-22(28-17-5-6-18-19(11-17)32-10-9-31-18)27-16-3-1-15(2-4-16)26-20-12-21(25-13-24-20)29-8-7-23-14-29/h1-8,11-14H,9-10H2,(H,24,25,26)(H2,27,28,30). The number of ether oxygens (including phenoxy) is 2. The maximum atomic E-state index is 12.3. The normalized spacial score (nSPS) is 12.1. The first-order valence-corrected chi connectivity index (χ1v) is 9.88. The van der Waals surface area contributed by atoms with Gasteiger partial charge in [0, 0.05) is 41.6 Å². The van der Waals surface area contributed by atoms with E-state index in [-0.39, 0.29) is 6.03 Å². The minimum Gasteiger partial charge on any atom is -0.486 e. The van der Waals surface area contributed by atoms with E-state index in [2.05, 4.69) is 30.9 Å². The first kappa shape index (κ1) is 19.4. The predicted molar refractivity (Wildman–Crippen MR) is 119 cm³/mol. The zero-order chi connectivity index (χ0) is 21.8. The molecule has 32 heavy (non-hydrogen) atoms. The highest BCUT2D eigenvalue weighted by Crippen LogP contribution is 2.32. The van der Waals surface area contributed by atoms with Crippen molar-refractivity contribution in [3.8, 4) is 17.3 Å². The van der Waals surface area contributed by atoms with Crippen molar-refractivity contribution in [1.82, 2.24) is 19.5 Å². The number of rotatable bonds is 5. The van der Waals surface area contributed by atoms with Crippen molar-refractivity contribution in [3.63, 3.8) is 0 Å². The largest absolute Gasteiger partial charge is 0.486 e. The molecule has 0 saturated heterocycles. The summed E-state index contributed by atoms with van der Waals surface area (Å²) in [5.74, 6) is 2.63. The minimum absolute atomic E-state index is 0.358. The zero-order valence-corrected chi connectivity index (χ0v) is 16.9. The van der Waals surface area contributed by atoms with E-state index in [0.717, 1.165) is 5.69 Å². The lowest BCUT2D eigenvalue weighted by molar-refractivity contribution is 0.171. The number of nitrogens with zero attached hydrogens (tertiary/aromatic N) is 4. The Balaban J connectivity index is 1.20. The Hall–Kier alpha value is -4.60. The van der Waals surface area contributed by atoms with Gasteiger partial charge < -0.3 is 25.4 Å². The van der Waals surface area contributed by atoms with Crippen molar-refractivity contribution in [2.45, 2.75) is 0 Å². The molecular weight excluding hydrogens is 410 g/mol. The fraction of sp³-hybridized carbons (Fsp3) is 0.0909. The summed E-state index contributed by atoms with van der Waals surface area (Å²) in [4.78, 5) is 24.8. The smallest absolute Gasteiger partial charge is 0.323 e. The molecule has 3 heterocycles. The summed E-state index contributed by atoms with van der Waals surface area (Å²) in [5.41, 5.74) is 2.08. The van der Waals surface area contributed by atoms with Gasteiger partial charge in [0.2, 0.25) is 0 Å². The molecule has 0 fully saturated rings. The van der Waals surface area contributed by atoms with Gasteiger partial charge >= 0.3 is 6.03 Å². The molecule has 2 aromatic heterocycles. The molecule has 1 aliphatic rings. The van der Waals surface area contributed by atoms with Crippen LogP contribution in [0.15, 0.2) is 73.6 Å². The quantitative estimate of drug-likeness (QED) is 0.442. The summed E-state index contributed by atoms with van der Waals surface area (Å²) in [5, 5.41) is 8.81.